The summed E-state index contributed by atoms with van der Waals surface area (Å²) >= 11 is 0. The predicted octanol–water partition coefficient (Wildman–Crippen LogP) is 9.84. The van der Waals surface area contributed by atoms with Crippen LogP contribution in [0.1, 0.15) is 219 Å². The van der Waals surface area contributed by atoms with E-state index in [4.69, 9.17) is 18.5 Å². The summed E-state index contributed by atoms with van der Waals surface area (Å²) in [6.07, 6.45) is 26.9. The van der Waals surface area contributed by atoms with Crippen LogP contribution in [-0.2, 0) is 32.7 Å². The molecule has 6 N–H and O–H groups in total. The van der Waals surface area contributed by atoms with Crippen molar-refractivity contribution in [1.82, 2.24) is 0 Å². The van der Waals surface area contributed by atoms with Crippen LogP contribution in [-0.4, -0.2) is 98.3 Å². The first-order chi connectivity index (χ1) is 29.4. The van der Waals surface area contributed by atoms with Crippen LogP contribution >= 0.6 is 7.82 Å². The Labute approximate surface area is 369 Å². The summed E-state index contributed by atoms with van der Waals surface area (Å²) in [7, 11) is -5.11. The smallest absolute Gasteiger partial charge is 0.462 e. The second-order valence-corrected chi connectivity index (χ2v) is 18.7. The Morgan fingerprint density at radius 3 is 1.26 bits per heavy atom. The molecule has 1 aliphatic carbocycles. The van der Waals surface area contributed by atoms with Gasteiger partial charge >= 0.3 is 19.8 Å². The quantitative estimate of drug-likeness (QED) is 0.0146. The number of carbonyl (C=O) groups is 2. The highest BCUT2D eigenvalue weighted by molar-refractivity contribution is 7.47. The lowest BCUT2D eigenvalue weighted by Gasteiger charge is -2.41. The molecule has 0 amide bonds. The number of allylic oxidation sites excluding steroid dienone is 2. The van der Waals surface area contributed by atoms with E-state index >= 15 is 0 Å². The van der Waals surface area contributed by atoms with E-state index < -0.39 is 75.7 Å². The third kappa shape index (κ3) is 30.4. The second-order valence-electron chi connectivity index (χ2n) is 17.3. The molecule has 14 heteroatoms. The molecule has 0 heterocycles. The number of phosphoric ester groups is 1. The Kier molecular flexibility index (Phi) is 35.8. The minimum absolute atomic E-state index is 0.101. The van der Waals surface area contributed by atoms with Gasteiger partial charge in [0.1, 0.15) is 43.2 Å². The van der Waals surface area contributed by atoms with Gasteiger partial charge in [-0.25, -0.2) is 4.57 Å². The lowest BCUT2D eigenvalue weighted by molar-refractivity contribution is -0.220. The summed E-state index contributed by atoms with van der Waals surface area (Å²) in [6, 6.07) is 0. The molecule has 0 bridgehead atoms. The normalized spacial score (nSPS) is 22.0. The van der Waals surface area contributed by atoms with Crippen molar-refractivity contribution in [2.45, 2.75) is 262 Å². The Balaban J connectivity index is 2.41. The van der Waals surface area contributed by atoms with Gasteiger partial charge in [0.15, 0.2) is 6.10 Å². The van der Waals surface area contributed by atoms with Gasteiger partial charge in [0.25, 0.3) is 0 Å². The average molecular weight is 893 g/mol. The lowest BCUT2D eigenvalue weighted by atomic mass is 9.85. The average Bonchev–Trinajstić information content (AvgIpc) is 3.24. The van der Waals surface area contributed by atoms with Gasteiger partial charge in [0.2, 0.25) is 0 Å². The van der Waals surface area contributed by atoms with E-state index in [-0.39, 0.29) is 12.8 Å². The van der Waals surface area contributed by atoms with Crippen molar-refractivity contribution in [2.75, 3.05) is 13.2 Å². The summed E-state index contributed by atoms with van der Waals surface area (Å²) in [4.78, 5) is 35.7. The molecule has 0 saturated heterocycles. The van der Waals surface area contributed by atoms with Gasteiger partial charge in [-0.1, -0.05) is 180 Å². The Morgan fingerprint density at radius 2 is 0.836 bits per heavy atom. The summed E-state index contributed by atoms with van der Waals surface area (Å²) in [6.45, 7) is 3.30. The number of aliphatic hydroxyl groups is 5. The van der Waals surface area contributed by atoms with E-state index in [2.05, 4.69) is 26.0 Å². The number of carbonyl (C=O) groups excluding carboxylic acids is 2. The Morgan fingerprint density at radius 1 is 0.492 bits per heavy atom. The maximum Gasteiger partial charge on any atom is 0.472 e. The topological polar surface area (TPSA) is 210 Å². The number of aliphatic hydroxyl groups excluding tert-OH is 5. The van der Waals surface area contributed by atoms with Crippen molar-refractivity contribution >= 4 is 19.8 Å². The fraction of sp³-hybridized carbons (Fsp3) is 0.915. The maximum atomic E-state index is 12.8. The number of ether oxygens (including phenoxy) is 2. The summed E-state index contributed by atoms with van der Waals surface area (Å²) in [5.41, 5.74) is 0. The predicted molar refractivity (Wildman–Crippen MR) is 240 cm³/mol. The molecule has 360 valence electrons. The van der Waals surface area contributed by atoms with Crippen LogP contribution in [0.25, 0.3) is 0 Å². The van der Waals surface area contributed by atoms with Crippen LogP contribution < -0.4 is 0 Å². The minimum atomic E-state index is -5.11. The highest BCUT2D eigenvalue weighted by atomic mass is 31.2. The van der Waals surface area contributed by atoms with Crippen molar-refractivity contribution in [3.63, 3.8) is 0 Å². The standard InChI is InChI=1S/C47H89O13P/c1-3-5-7-9-11-13-15-17-18-19-20-21-22-24-26-28-30-32-34-36-41(49)59-39(38-58-61(55,56)60-47-45(53)43(51)42(50)44(52)46(47)54)37-57-40(48)35-33-31-29-27-25-23-16-14-12-10-8-6-4-2/h14,16,39,42-47,50-54H,3-13,15,17-38H2,1-2H3,(H,55,56)/b16-14+/t39-,42?,43+,44?,45?,46?,47?/m1/s1. The molecule has 8 atom stereocenters. The number of rotatable bonds is 41. The summed E-state index contributed by atoms with van der Waals surface area (Å²) < 4.78 is 33.6. The highest BCUT2D eigenvalue weighted by Gasteiger charge is 2.51. The molecule has 1 rings (SSSR count). The molecule has 13 nitrogen and oxygen atoms in total. The zero-order valence-electron chi connectivity index (χ0n) is 38.2. The summed E-state index contributed by atoms with van der Waals surface area (Å²) in [5, 5.41) is 50.2. The molecule has 0 spiro atoms. The van der Waals surface area contributed by atoms with E-state index in [1.54, 1.807) is 0 Å². The van der Waals surface area contributed by atoms with E-state index in [1.165, 1.54) is 122 Å². The molecular formula is C47H89O13P. The third-order valence-corrected chi connectivity index (χ3v) is 12.6. The van der Waals surface area contributed by atoms with Gasteiger partial charge in [-0.2, -0.15) is 0 Å². The minimum Gasteiger partial charge on any atom is -0.462 e. The van der Waals surface area contributed by atoms with E-state index in [9.17, 15) is 44.6 Å². The van der Waals surface area contributed by atoms with Gasteiger partial charge in [0, 0.05) is 12.8 Å². The largest absolute Gasteiger partial charge is 0.472 e. The van der Waals surface area contributed by atoms with Gasteiger partial charge in [-0.05, 0) is 38.5 Å². The van der Waals surface area contributed by atoms with Crippen LogP contribution in [0.3, 0.4) is 0 Å². The van der Waals surface area contributed by atoms with Crippen molar-refractivity contribution in [3.8, 4) is 0 Å². The molecule has 0 aliphatic heterocycles. The second kappa shape index (κ2) is 37.9. The number of phosphoric acid groups is 1. The first-order valence-corrected chi connectivity index (χ1v) is 26.0. The van der Waals surface area contributed by atoms with E-state index in [0.29, 0.717) is 12.8 Å². The molecule has 0 aromatic rings. The van der Waals surface area contributed by atoms with Gasteiger partial charge < -0.3 is 39.9 Å². The number of esters is 2. The first kappa shape index (κ1) is 57.6. The zero-order chi connectivity index (χ0) is 45.0. The Hall–Kier alpha value is -1.41. The monoisotopic (exact) mass is 893 g/mol. The van der Waals surface area contributed by atoms with Crippen molar-refractivity contribution in [1.29, 1.82) is 0 Å². The van der Waals surface area contributed by atoms with Crippen LogP contribution in [0.5, 0.6) is 0 Å². The molecule has 0 radical (unpaired) electrons. The number of hydrogen-bond donors (Lipinski definition) is 6. The van der Waals surface area contributed by atoms with Crippen LogP contribution in [0.2, 0.25) is 0 Å². The number of hydrogen-bond acceptors (Lipinski definition) is 12. The van der Waals surface area contributed by atoms with Crippen molar-refractivity contribution in [2.24, 2.45) is 0 Å². The molecule has 0 aromatic carbocycles. The van der Waals surface area contributed by atoms with Crippen LogP contribution in [0.4, 0.5) is 0 Å². The summed E-state index contributed by atoms with van der Waals surface area (Å²) in [5.74, 6) is -1.10. The van der Waals surface area contributed by atoms with Gasteiger partial charge in [0.05, 0.1) is 6.61 Å². The van der Waals surface area contributed by atoms with E-state index in [0.717, 1.165) is 57.8 Å². The fourth-order valence-corrected chi connectivity index (χ4v) is 8.61. The lowest BCUT2D eigenvalue weighted by Crippen LogP contribution is -2.64. The third-order valence-electron chi connectivity index (χ3n) is 11.6. The molecule has 6 unspecified atom stereocenters. The molecule has 0 aromatic heterocycles. The highest BCUT2D eigenvalue weighted by Crippen LogP contribution is 2.47. The first-order valence-electron chi connectivity index (χ1n) is 24.5. The molecule has 1 fully saturated rings. The molecular weight excluding hydrogens is 803 g/mol. The molecule has 1 saturated carbocycles. The SMILES string of the molecule is CCCCCC/C=C/CCCCCCCC(=O)OC[C@H](COP(=O)(O)OC1C(O)C(O)C(O)[C@H](O)C1O)OC(=O)CCCCCCCCCCCCCCCCCCCCC. The molecule has 1 aliphatic rings. The molecule has 61 heavy (non-hydrogen) atoms. The maximum absolute atomic E-state index is 12.8. The zero-order valence-corrected chi connectivity index (χ0v) is 39.1. The van der Waals surface area contributed by atoms with Crippen LogP contribution in [0.15, 0.2) is 12.2 Å². The van der Waals surface area contributed by atoms with Gasteiger partial charge in [-0.15, -0.1) is 0 Å². The fourth-order valence-electron chi connectivity index (χ4n) is 7.64. The van der Waals surface area contributed by atoms with Crippen molar-refractivity contribution < 1.29 is 63.1 Å². The van der Waals surface area contributed by atoms with Crippen LogP contribution in [0, 0.1) is 0 Å². The van der Waals surface area contributed by atoms with Gasteiger partial charge in [-0.3, -0.25) is 18.6 Å². The van der Waals surface area contributed by atoms with E-state index in [1.807, 2.05) is 0 Å². The Bertz CT molecular complexity index is 1120. The van der Waals surface area contributed by atoms with Crippen molar-refractivity contribution in [3.05, 3.63) is 12.2 Å². The number of unbranched alkanes of at least 4 members (excludes halogenated alkanes) is 27.